The van der Waals surface area contributed by atoms with Crippen molar-refractivity contribution in [2.75, 3.05) is 0 Å². The Kier molecular flexibility index (Phi) is 4.26. The van der Waals surface area contributed by atoms with Crippen molar-refractivity contribution in [2.45, 2.75) is 53.0 Å². The molecule has 1 heterocycles. The first-order valence-corrected chi connectivity index (χ1v) is 7.33. The Hall–Kier alpha value is -1.64. The van der Waals surface area contributed by atoms with Crippen molar-refractivity contribution in [1.82, 2.24) is 15.0 Å². The van der Waals surface area contributed by atoms with Crippen LogP contribution in [0.4, 0.5) is 0 Å². The molecule has 0 aliphatic rings. The molecule has 2 aromatic rings. The number of hydrogen-bond acceptors (Lipinski definition) is 2. The van der Waals surface area contributed by atoms with Crippen molar-refractivity contribution in [3.8, 4) is 0 Å². The highest BCUT2D eigenvalue weighted by Crippen LogP contribution is 2.22. The molecule has 0 aliphatic heterocycles. The van der Waals surface area contributed by atoms with Crippen molar-refractivity contribution in [3.63, 3.8) is 0 Å². The van der Waals surface area contributed by atoms with Gasteiger partial charge in [0.2, 0.25) is 0 Å². The quantitative estimate of drug-likeness (QED) is 0.846. The molecular weight excluding hydrogens is 246 g/mol. The predicted molar refractivity (Wildman–Crippen MR) is 82.8 cm³/mol. The van der Waals surface area contributed by atoms with Gasteiger partial charge in [0.25, 0.3) is 0 Å². The molecule has 0 saturated carbocycles. The van der Waals surface area contributed by atoms with Crippen molar-refractivity contribution >= 4 is 0 Å². The van der Waals surface area contributed by atoms with Crippen LogP contribution in [0.5, 0.6) is 0 Å². The average Bonchev–Trinajstić information content (AvgIpc) is 2.75. The van der Waals surface area contributed by atoms with E-state index in [1.165, 1.54) is 11.1 Å². The molecule has 0 bridgehead atoms. The van der Waals surface area contributed by atoms with Crippen LogP contribution in [-0.4, -0.2) is 15.0 Å². The molecule has 2 rings (SSSR count). The Morgan fingerprint density at radius 1 is 1.10 bits per heavy atom. The molecule has 0 N–H and O–H groups in total. The number of benzene rings is 1. The number of rotatable bonds is 4. The summed E-state index contributed by atoms with van der Waals surface area (Å²) >= 11 is 0. The van der Waals surface area contributed by atoms with Gasteiger partial charge in [0, 0.05) is 6.20 Å². The van der Waals surface area contributed by atoms with Gasteiger partial charge in [-0.3, -0.25) is 0 Å². The number of hydrogen-bond donors (Lipinski definition) is 0. The van der Waals surface area contributed by atoms with Crippen LogP contribution in [0.15, 0.2) is 30.5 Å². The zero-order valence-corrected chi connectivity index (χ0v) is 13.2. The third kappa shape index (κ3) is 3.92. The molecule has 0 spiro atoms. The number of aromatic nitrogens is 3. The maximum Gasteiger partial charge on any atom is 0.0829 e. The molecule has 0 unspecified atom stereocenters. The summed E-state index contributed by atoms with van der Waals surface area (Å²) in [6.45, 7) is 11.9. The van der Waals surface area contributed by atoms with Crippen molar-refractivity contribution in [1.29, 1.82) is 0 Å². The summed E-state index contributed by atoms with van der Waals surface area (Å²) < 4.78 is 1.92. The summed E-state index contributed by atoms with van der Waals surface area (Å²) in [5.41, 5.74) is 3.90. The van der Waals surface area contributed by atoms with Crippen molar-refractivity contribution in [2.24, 2.45) is 5.92 Å². The lowest BCUT2D eigenvalue weighted by atomic mass is 9.87. The molecule has 0 atom stereocenters. The van der Waals surface area contributed by atoms with Gasteiger partial charge in [0.05, 0.1) is 12.2 Å². The summed E-state index contributed by atoms with van der Waals surface area (Å²) in [5.74, 6) is 0.617. The standard InChI is InChI=1S/C17H25N3/c1-13(2)10-16-12-20(19-18-16)11-14-6-8-15(9-7-14)17(3,4)5/h6-9,12-13H,10-11H2,1-5H3. The molecule has 0 radical (unpaired) electrons. The second kappa shape index (κ2) is 5.78. The van der Waals surface area contributed by atoms with E-state index in [4.69, 9.17) is 0 Å². The van der Waals surface area contributed by atoms with Gasteiger partial charge in [-0.25, -0.2) is 4.68 Å². The molecule has 108 valence electrons. The van der Waals surface area contributed by atoms with Crippen molar-refractivity contribution in [3.05, 3.63) is 47.3 Å². The first-order chi connectivity index (χ1) is 9.34. The molecule has 0 aliphatic carbocycles. The molecule has 20 heavy (non-hydrogen) atoms. The van der Waals surface area contributed by atoms with Gasteiger partial charge in [0.1, 0.15) is 0 Å². The Morgan fingerprint density at radius 2 is 1.75 bits per heavy atom. The molecule has 1 aromatic carbocycles. The minimum Gasteiger partial charge on any atom is -0.248 e. The van der Waals surface area contributed by atoms with E-state index in [2.05, 4.69) is 75.4 Å². The lowest BCUT2D eigenvalue weighted by Crippen LogP contribution is -2.11. The van der Waals surface area contributed by atoms with E-state index in [0.29, 0.717) is 5.92 Å². The second-order valence-corrected chi connectivity index (χ2v) is 6.95. The third-order valence-electron chi connectivity index (χ3n) is 3.37. The fraction of sp³-hybridized carbons (Fsp3) is 0.529. The molecule has 3 heteroatoms. The molecular formula is C17H25N3. The molecule has 3 nitrogen and oxygen atoms in total. The van der Waals surface area contributed by atoms with Crippen LogP contribution in [0.25, 0.3) is 0 Å². The molecule has 0 amide bonds. The largest absolute Gasteiger partial charge is 0.248 e. The topological polar surface area (TPSA) is 30.7 Å². The van der Waals surface area contributed by atoms with Gasteiger partial charge >= 0.3 is 0 Å². The van der Waals surface area contributed by atoms with E-state index < -0.39 is 0 Å². The minimum atomic E-state index is 0.205. The average molecular weight is 271 g/mol. The summed E-state index contributed by atoms with van der Waals surface area (Å²) in [5, 5.41) is 8.42. The smallest absolute Gasteiger partial charge is 0.0829 e. The summed E-state index contributed by atoms with van der Waals surface area (Å²) in [4.78, 5) is 0. The van der Waals surface area contributed by atoms with Crippen molar-refractivity contribution < 1.29 is 0 Å². The van der Waals surface area contributed by atoms with Crippen LogP contribution in [0.2, 0.25) is 0 Å². The molecule has 1 aromatic heterocycles. The Bertz CT molecular complexity index is 544. The highest BCUT2D eigenvalue weighted by atomic mass is 15.4. The predicted octanol–water partition coefficient (Wildman–Crippen LogP) is 3.82. The van der Waals surface area contributed by atoms with Gasteiger partial charge in [-0.05, 0) is 28.9 Å². The van der Waals surface area contributed by atoms with Crippen LogP contribution < -0.4 is 0 Å². The SMILES string of the molecule is CC(C)Cc1cn(Cc2ccc(C(C)(C)C)cc2)nn1. The van der Waals surface area contributed by atoms with Gasteiger partial charge in [-0.2, -0.15) is 0 Å². The van der Waals surface area contributed by atoms with E-state index in [0.717, 1.165) is 18.7 Å². The first-order valence-electron chi connectivity index (χ1n) is 7.33. The summed E-state index contributed by atoms with van der Waals surface area (Å²) in [7, 11) is 0. The minimum absolute atomic E-state index is 0.205. The van der Waals surface area contributed by atoms with Crippen LogP contribution in [0, 0.1) is 5.92 Å². The van der Waals surface area contributed by atoms with Crippen LogP contribution >= 0.6 is 0 Å². The summed E-state index contributed by atoms with van der Waals surface area (Å²) in [6, 6.07) is 8.79. The Labute approximate surface area is 122 Å². The van der Waals surface area contributed by atoms with E-state index >= 15 is 0 Å². The Morgan fingerprint density at radius 3 is 2.30 bits per heavy atom. The normalized spacial score (nSPS) is 12.1. The second-order valence-electron chi connectivity index (χ2n) is 6.95. The van der Waals surface area contributed by atoms with E-state index in [-0.39, 0.29) is 5.41 Å². The van der Waals surface area contributed by atoms with E-state index in [1.807, 2.05) is 4.68 Å². The highest BCUT2D eigenvalue weighted by Gasteiger charge is 2.13. The van der Waals surface area contributed by atoms with Gasteiger partial charge in [0.15, 0.2) is 0 Å². The zero-order chi connectivity index (χ0) is 14.8. The number of nitrogens with zero attached hydrogens (tertiary/aromatic N) is 3. The van der Waals surface area contributed by atoms with Gasteiger partial charge in [-0.15, -0.1) is 5.10 Å². The first kappa shape index (κ1) is 14.8. The highest BCUT2D eigenvalue weighted by molar-refractivity contribution is 5.27. The van der Waals surface area contributed by atoms with E-state index in [1.54, 1.807) is 0 Å². The fourth-order valence-corrected chi connectivity index (χ4v) is 2.22. The summed E-state index contributed by atoms with van der Waals surface area (Å²) in [6.07, 6.45) is 3.04. The van der Waals surface area contributed by atoms with Gasteiger partial charge < -0.3 is 0 Å². The lowest BCUT2D eigenvalue weighted by molar-refractivity contribution is 0.589. The van der Waals surface area contributed by atoms with Gasteiger partial charge in [-0.1, -0.05) is 64.1 Å². The molecule has 0 saturated heterocycles. The van der Waals surface area contributed by atoms with Crippen LogP contribution in [0.1, 0.15) is 51.4 Å². The van der Waals surface area contributed by atoms with Crippen LogP contribution in [0.3, 0.4) is 0 Å². The Balaban J connectivity index is 2.05. The van der Waals surface area contributed by atoms with E-state index in [9.17, 15) is 0 Å². The lowest BCUT2D eigenvalue weighted by Gasteiger charge is -2.19. The zero-order valence-electron chi connectivity index (χ0n) is 13.2. The monoisotopic (exact) mass is 271 g/mol. The maximum atomic E-state index is 4.22. The fourth-order valence-electron chi connectivity index (χ4n) is 2.22. The third-order valence-corrected chi connectivity index (χ3v) is 3.37. The maximum absolute atomic E-state index is 4.22. The van der Waals surface area contributed by atoms with Crippen LogP contribution in [-0.2, 0) is 18.4 Å². The molecule has 0 fully saturated rings.